The van der Waals surface area contributed by atoms with Gasteiger partial charge < -0.3 is 5.11 Å². The maximum absolute atomic E-state index is 11.4. The first-order valence-corrected chi connectivity index (χ1v) is 7.11. The molecule has 0 amide bonds. The number of benzene rings is 1. The van der Waals surface area contributed by atoms with E-state index in [-0.39, 0.29) is 6.04 Å². The fourth-order valence-electron chi connectivity index (χ4n) is 2.76. The van der Waals surface area contributed by atoms with Gasteiger partial charge in [0, 0.05) is 6.54 Å². The first-order chi connectivity index (χ1) is 9.08. The molecule has 1 aromatic carbocycles. The van der Waals surface area contributed by atoms with E-state index >= 15 is 0 Å². The Labute approximate surface area is 115 Å². The number of nitrogens with zero attached hydrogens (tertiary/aromatic N) is 1. The molecule has 0 saturated heterocycles. The van der Waals surface area contributed by atoms with Crippen LogP contribution >= 0.6 is 0 Å². The molecule has 1 aromatic rings. The van der Waals surface area contributed by atoms with Crippen molar-refractivity contribution in [2.24, 2.45) is 5.92 Å². The summed E-state index contributed by atoms with van der Waals surface area (Å²) < 4.78 is 0. The van der Waals surface area contributed by atoms with Gasteiger partial charge in [-0.15, -0.1) is 0 Å². The van der Waals surface area contributed by atoms with Crippen molar-refractivity contribution in [2.75, 3.05) is 6.54 Å². The van der Waals surface area contributed by atoms with Crippen LogP contribution in [0.25, 0.3) is 0 Å². The van der Waals surface area contributed by atoms with Gasteiger partial charge in [-0.1, -0.05) is 38.1 Å². The molecule has 0 bridgehead atoms. The minimum atomic E-state index is -0.695. The van der Waals surface area contributed by atoms with Gasteiger partial charge in [-0.25, -0.2) is 0 Å². The van der Waals surface area contributed by atoms with E-state index in [0.717, 1.165) is 25.9 Å². The fraction of sp³-hybridized carbons (Fsp3) is 0.562. The Balaban J connectivity index is 2.06. The molecule has 104 valence electrons. The van der Waals surface area contributed by atoms with Crippen LogP contribution in [0.15, 0.2) is 24.3 Å². The molecule has 0 saturated carbocycles. The average Bonchev–Trinajstić information content (AvgIpc) is 2.37. The second-order valence-corrected chi connectivity index (χ2v) is 5.83. The van der Waals surface area contributed by atoms with Crippen molar-refractivity contribution in [3.05, 3.63) is 35.4 Å². The number of hydrogen-bond acceptors (Lipinski definition) is 2. The SMILES string of the molecule is CC(C)CCCN1Cc2ccccc2C[C@H]1C(=O)O. The van der Waals surface area contributed by atoms with Gasteiger partial charge in [-0.3, -0.25) is 9.69 Å². The molecule has 0 unspecified atom stereocenters. The summed E-state index contributed by atoms with van der Waals surface area (Å²) in [5.41, 5.74) is 2.47. The number of aliphatic carboxylic acids is 1. The lowest BCUT2D eigenvalue weighted by atomic mass is 9.93. The molecule has 1 aliphatic rings. The van der Waals surface area contributed by atoms with Crippen molar-refractivity contribution in [3.63, 3.8) is 0 Å². The van der Waals surface area contributed by atoms with Crippen molar-refractivity contribution >= 4 is 5.97 Å². The summed E-state index contributed by atoms with van der Waals surface area (Å²) in [5, 5.41) is 9.40. The van der Waals surface area contributed by atoms with Crippen LogP contribution in [0.1, 0.15) is 37.8 Å². The van der Waals surface area contributed by atoms with Gasteiger partial charge in [-0.2, -0.15) is 0 Å². The van der Waals surface area contributed by atoms with Gasteiger partial charge in [-0.05, 0) is 42.9 Å². The molecule has 3 heteroatoms. The standard InChI is InChI=1S/C16H23NO2/c1-12(2)6-5-9-17-11-14-8-4-3-7-13(14)10-15(17)16(18)19/h3-4,7-8,12,15H,5-6,9-11H2,1-2H3,(H,18,19)/t15-/m0/s1. The highest BCUT2D eigenvalue weighted by atomic mass is 16.4. The summed E-state index contributed by atoms with van der Waals surface area (Å²) in [4.78, 5) is 13.5. The number of hydrogen-bond donors (Lipinski definition) is 1. The van der Waals surface area contributed by atoms with Crippen molar-refractivity contribution in [1.82, 2.24) is 4.90 Å². The van der Waals surface area contributed by atoms with Crippen LogP contribution in [0.5, 0.6) is 0 Å². The molecular weight excluding hydrogens is 238 g/mol. The van der Waals surface area contributed by atoms with Crippen molar-refractivity contribution in [1.29, 1.82) is 0 Å². The Hall–Kier alpha value is -1.35. The molecule has 0 fully saturated rings. The van der Waals surface area contributed by atoms with Crippen LogP contribution in [0.2, 0.25) is 0 Å². The fourth-order valence-corrected chi connectivity index (χ4v) is 2.76. The summed E-state index contributed by atoms with van der Waals surface area (Å²) in [6, 6.07) is 7.83. The second kappa shape index (κ2) is 6.20. The summed E-state index contributed by atoms with van der Waals surface area (Å²) in [7, 11) is 0. The first-order valence-electron chi connectivity index (χ1n) is 7.11. The Kier molecular flexibility index (Phi) is 4.59. The van der Waals surface area contributed by atoms with Crippen LogP contribution in [0, 0.1) is 5.92 Å². The molecule has 19 heavy (non-hydrogen) atoms. The lowest BCUT2D eigenvalue weighted by Gasteiger charge is -2.34. The molecule has 0 aromatic heterocycles. The van der Waals surface area contributed by atoms with Crippen LogP contribution in [-0.2, 0) is 17.8 Å². The number of carbonyl (C=O) groups is 1. The predicted octanol–water partition coefficient (Wildman–Crippen LogP) is 2.93. The highest BCUT2D eigenvalue weighted by Gasteiger charge is 2.30. The molecule has 0 radical (unpaired) electrons. The van der Waals surface area contributed by atoms with E-state index in [4.69, 9.17) is 0 Å². The van der Waals surface area contributed by atoms with Crippen LogP contribution in [-0.4, -0.2) is 28.6 Å². The highest BCUT2D eigenvalue weighted by molar-refractivity contribution is 5.74. The Morgan fingerprint density at radius 2 is 2.05 bits per heavy atom. The topological polar surface area (TPSA) is 40.5 Å². The van der Waals surface area contributed by atoms with Crippen molar-refractivity contribution < 1.29 is 9.90 Å². The molecule has 2 rings (SSSR count). The molecule has 1 heterocycles. The summed E-state index contributed by atoms with van der Waals surface area (Å²) >= 11 is 0. The number of carboxylic acid groups (broad SMARTS) is 1. The van der Waals surface area contributed by atoms with E-state index in [1.165, 1.54) is 11.1 Å². The van der Waals surface area contributed by atoms with E-state index in [2.05, 4.69) is 30.9 Å². The molecular formula is C16H23NO2. The van der Waals surface area contributed by atoms with Crippen LogP contribution in [0.4, 0.5) is 0 Å². The second-order valence-electron chi connectivity index (χ2n) is 5.83. The Morgan fingerprint density at radius 1 is 1.37 bits per heavy atom. The third-order valence-corrected chi connectivity index (χ3v) is 3.86. The van der Waals surface area contributed by atoms with Gasteiger partial charge in [0.15, 0.2) is 0 Å². The Morgan fingerprint density at radius 3 is 2.68 bits per heavy atom. The maximum Gasteiger partial charge on any atom is 0.321 e. The minimum absolute atomic E-state index is 0.359. The van der Waals surface area contributed by atoms with Crippen molar-refractivity contribution in [2.45, 2.75) is 45.7 Å². The number of rotatable bonds is 5. The Bertz CT molecular complexity index is 442. The molecule has 1 atom stereocenters. The molecule has 0 spiro atoms. The summed E-state index contributed by atoms with van der Waals surface area (Å²) in [6.45, 7) is 6.06. The van der Waals surface area contributed by atoms with E-state index in [1.807, 2.05) is 12.1 Å². The zero-order valence-electron chi connectivity index (χ0n) is 11.8. The minimum Gasteiger partial charge on any atom is -0.480 e. The molecule has 0 aliphatic carbocycles. The molecule has 1 aliphatic heterocycles. The van der Waals surface area contributed by atoms with E-state index < -0.39 is 5.97 Å². The van der Waals surface area contributed by atoms with Crippen LogP contribution < -0.4 is 0 Å². The largest absolute Gasteiger partial charge is 0.480 e. The third kappa shape index (κ3) is 3.57. The zero-order valence-corrected chi connectivity index (χ0v) is 11.8. The molecule has 3 nitrogen and oxygen atoms in total. The zero-order chi connectivity index (χ0) is 13.8. The molecule has 1 N–H and O–H groups in total. The quantitative estimate of drug-likeness (QED) is 0.886. The lowest BCUT2D eigenvalue weighted by molar-refractivity contribution is -0.144. The van der Waals surface area contributed by atoms with E-state index in [9.17, 15) is 9.90 Å². The maximum atomic E-state index is 11.4. The van der Waals surface area contributed by atoms with Gasteiger partial charge in [0.1, 0.15) is 6.04 Å². The smallest absolute Gasteiger partial charge is 0.321 e. The lowest BCUT2D eigenvalue weighted by Crippen LogP contribution is -2.45. The normalized spacial score (nSPS) is 19.4. The summed E-state index contributed by atoms with van der Waals surface area (Å²) in [6.07, 6.45) is 2.86. The van der Waals surface area contributed by atoms with Crippen molar-refractivity contribution in [3.8, 4) is 0 Å². The monoisotopic (exact) mass is 261 g/mol. The van der Waals surface area contributed by atoms with E-state index in [1.54, 1.807) is 0 Å². The predicted molar refractivity (Wildman–Crippen MR) is 76.1 cm³/mol. The highest BCUT2D eigenvalue weighted by Crippen LogP contribution is 2.24. The number of fused-ring (bicyclic) bond motifs is 1. The average molecular weight is 261 g/mol. The first kappa shape index (κ1) is 14.1. The third-order valence-electron chi connectivity index (χ3n) is 3.86. The van der Waals surface area contributed by atoms with Gasteiger partial charge >= 0.3 is 5.97 Å². The van der Waals surface area contributed by atoms with E-state index in [0.29, 0.717) is 12.3 Å². The van der Waals surface area contributed by atoms with Gasteiger partial charge in [0.2, 0.25) is 0 Å². The summed E-state index contributed by atoms with van der Waals surface area (Å²) in [5.74, 6) is -0.0144. The van der Waals surface area contributed by atoms with Gasteiger partial charge in [0.05, 0.1) is 0 Å². The van der Waals surface area contributed by atoms with Crippen LogP contribution in [0.3, 0.4) is 0 Å². The number of carboxylic acids is 1. The van der Waals surface area contributed by atoms with Gasteiger partial charge in [0.25, 0.3) is 0 Å².